The second-order valence-electron chi connectivity index (χ2n) is 2.92. The standard InChI is InChI=1S/C9H12BrNSe/c1-11(2)7-8-5-3-4-6-9(8)12-10/h3-6H,7H2,1-2H3. The van der Waals surface area contributed by atoms with E-state index in [-0.39, 0.29) is 0 Å². The molecule has 1 aromatic carbocycles. The van der Waals surface area contributed by atoms with Crippen molar-refractivity contribution < 1.29 is 0 Å². The summed E-state index contributed by atoms with van der Waals surface area (Å²) in [5, 5.41) is 0. The summed E-state index contributed by atoms with van der Waals surface area (Å²) in [6, 6.07) is 8.57. The zero-order chi connectivity index (χ0) is 8.97. The normalized spacial score (nSPS) is 10.7. The molecule has 1 rings (SSSR count). The van der Waals surface area contributed by atoms with Crippen LogP contribution < -0.4 is 4.46 Å². The van der Waals surface area contributed by atoms with Gasteiger partial charge >= 0.3 is 87.1 Å². The van der Waals surface area contributed by atoms with Gasteiger partial charge in [0.15, 0.2) is 0 Å². The molecule has 1 nitrogen and oxygen atoms in total. The van der Waals surface area contributed by atoms with Crippen molar-refractivity contribution >= 4 is 31.7 Å². The predicted molar refractivity (Wildman–Crippen MR) is 58.1 cm³/mol. The van der Waals surface area contributed by atoms with Crippen LogP contribution in [0.3, 0.4) is 0 Å². The summed E-state index contributed by atoms with van der Waals surface area (Å²) in [6.45, 7) is 1.03. The topological polar surface area (TPSA) is 3.24 Å². The number of rotatable bonds is 3. The monoisotopic (exact) mass is 293 g/mol. The van der Waals surface area contributed by atoms with E-state index in [1.54, 1.807) is 0 Å². The van der Waals surface area contributed by atoms with E-state index in [0.717, 1.165) is 6.54 Å². The quantitative estimate of drug-likeness (QED) is 0.761. The molecule has 0 radical (unpaired) electrons. The van der Waals surface area contributed by atoms with Gasteiger partial charge in [0.25, 0.3) is 0 Å². The molecule has 0 unspecified atom stereocenters. The minimum atomic E-state index is 0.430. The van der Waals surface area contributed by atoms with Crippen molar-refractivity contribution in [2.45, 2.75) is 6.54 Å². The van der Waals surface area contributed by atoms with Crippen molar-refractivity contribution in [2.75, 3.05) is 14.1 Å². The van der Waals surface area contributed by atoms with E-state index in [9.17, 15) is 0 Å². The molecule has 0 fully saturated rings. The first-order chi connectivity index (χ1) is 5.74. The molecule has 0 aliphatic carbocycles. The van der Waals surface area contributed by atoms with Crippen molar-refractivity contribution in [1.29, 1.82) is 0 Å². The van der Waals surface area contributed by atoms with Gasteiger partial charge in [-0.05, 0) is 0 Å². The molecule has 0 aromatic heterocycles. The molecule has 0 saturated heterocycles. The Morgan fingerprint density at radius 1 is 1.33 bits per heavy atom. The van der Waals surface area contributed by atoms with E-state index >= 15 is 0 Å². The molecule has 12 heavy (non-hydrogen) atoms. The average Bonchev–Trinajstić information content (AvgIpc) is 2.04. The molecule has 0 N–H and O–H groups in total. The Hall–Kier alpha value is 0.179. The molecular weight excluding hydrogens is 281 g/mol. The third-order valence-electron chi connectivity index (χ3n) is 1.54. The molecule has 0 heterocycles. The first-order valence-corrected chi connectivity index (χ1v) is 8.62. The second kappa shape index (κ2) is 5.03. The summed E-state index contributed by atoms with van der Waals surface area (Å²) in [7, 11) is 4.19. The van der Waals surface area contributed by atoms with Crippen LogP contribution in [0.5, 0.6) is 0 Å². The Morgan fingerprint density at radius 3 is 2.58 bits per heavy atom. The maximum absolute atomic E-state index is 3.54. The molecule has 0 bridgehead atoms. The van der Waals surface area contributed by atoms with Crippen LogP contribution in [0, 0.1) is 0 Å². The zero-order valence-electron chi connectivity index (χ0n) is 7.25. The van der Waals surface area contributed by atoms with Crippen LogP contribution >= 0.6 is 14.1 Å². The van der Waals surface area contributed by atoms with Gasteiger partial charge in [-0.25, -0.2) is 0 Å². The van der Waals surface area contributed by atoms with Gasteiger partial charge in [0.1, 0.15) is 0 Å². The Balaban J connectivity index is 2.82. The van der Waals surface area contributed by atoms with Gasteiger partial charge in [-0.3, -0.25) is 0 Å². The Kier molecular flexibility index (Phi) is 4.30. The van der Waals surface area contributed by atoms with Gasteiger partial charge < -0.3 is 0 Å². The maximum atomic E-state index is 3.54. The summed E-state index contributed by atoms with van der Waals surface area (Å²) in [5.41, 5.74) is 1.43. The van der Waals surface area contributed by atoms with Crippen LogP contribution in [0.1, 0.15) is 5.56 Å². The summed E-state index contributed by atoms with van der Waals surface area (Å²) >= 11 is 3.97. The van der Waals surface area contributed by atoms with Gasteiger partial charge in [0.05, 0.1) is 0 Å². The zero-order valence-corrected chi connectivity index (χ0v) is 10.5. The van der Waals surface area contributed by atoms with Crippen LogP contribution in [0.2, 0.25) is 0 Å². The molecule has 0 amide bonds. The SMILES string of the molecule is CN(C)Cc1ccccc1[Se]Br. The van der Waals surface area contributed by atoms with Gasteiger partial charge in [-0.2, -0.15) is 0 Å². The number of hydrogen-bond acceptors (Lipinski definition) is 1. The van der Waals surface area contributed by atoms with Crippen LogP contribution in [0.15, 0.2) is 24.3 Å². The van der Waals surface area contributed by atoms with Gasteiger partial charge in [-0.15, -0.1) is 0 Å². The van der Waals surface area contributed by atoms with Crippen LogP contribution in [-0.2, 0) is 6.54 Å². The fraction of sp³-hybridized carbons (Fsp3) is 0.333. The van der Waals surface area contributed by atoms with Crippen LogP contribution in [-0.4, -0.2) is 32.1 Å². The first kappa shape index (κ1) is 10.3. The molecular formula is C9H12BrNSe. The third-order valence-corrected chi connectivity index (χ3v) is 4.54. The number of nitrogens with zero attached hydrogens (tertiary/aromatic N) is 1. The summed E-state index contributed by atoms with van der Waals surface area (Å²) in [5.74, 6) is 0. The van der Waals surface area contributed by atoms with Crippen molar-refractivity contribution in [3.05, 3.63) is 29.8 Å². The van der Waals surface area contributed by atoms with E-state index in [1.807, 2.05) is 0 Å². The third kappa shape index (κ3) is 2.91. The second-order valence-corrected chi connectivity index (χ2v) is 5.85. The summed E-state index contributed by atoms with van der Waals surface area (Å²) in [6.07, 6.45) is 0. The fourth-order valence-electron chi connectivity index (χ4n) is 1.05. The fourth-order valence-corrected chi connectivity index (χ4v) is 3.45. The Labute approximate surface area is 87.0 Å². The average molecular weight is 293 g/mol. The number of halogens is 1. The van der Waals surface area contributed by atoms with E-state index < -0.39 is 0 Å². The van der Waals surface area contributed by atoms with Crippen molar-refractivity contribution in [3.63, 3.8) is 0 Å². The number of benzene rings is 1. The Bertz CT molecular complexity index is 250. The molecule has 1 aromatic rings. The molecule has 0 atom stereocenters. The van der Waals surface area contributed by atoms with Crippen molar-refractivity contribution in [2.24, 2.45) is 0 Å². The molecule has 0 aliphatic rings. The summed E-state index contributed by atoms with van der Waals surface area (Å²) in [4.78, 5) is 2.19. The van der Waals surface area contributed by atoms with E-state index in [1.165, 1.54) is 10.0 Å². The molecule has 0 saturated carbocycles. The summed E-state index contributed by atoms with van der Waals surface area (Å²) < 4.78 is 1.44. The van der Waals surface area contributed by atoms with Gasteiger partial charge in [-0.1, -0.05) is 0 Å². The molecule has 3 heteroatoms. The molecule has 0 aliphatic heterocycles. The number of hydrogen-bond donors (Lipinski definition) is 0. The Morgan fingerprint density at radius 2 is 2.00 bits per heavy atom. The van der Waals surface area contributed by atoms with Gasteiger partial charge in [0, 0.05) is 0 Å². The first-order valence-electron chi connectivity index (χ1n) is 3.75. The minimum absolute atomic E-state index is 0.430. The van der Waals surface area contributed by atoms with Crippen molar-refractivity contribution in [1.82, 2.24) is 4.90 Å². The van der Waals surface area contributed by atoms with Crippen molar-refractivity contribution in [3.8, 4) is 0 Å². The van der Waals surface area contributed by atoms with E-state index in [0.29, 0.717) is 13.1 Å². The van der Waals surface area contributed by atoms with Crippen LogP contribution in [0.25, 0.3) is 0 Å². The molecule has 66 valence electrons. The van der Waals surface area contributed by atoms with Crippen LogP contribution in [0.4, 0.5) is 0 Å². The van der Waals surface area contributed by atoms with Gasteiger partial charge in [0.2, 0.25) is 0 Å². The van der Waals surface area contributed by atoms with E-state index in [4.69, 9.17) is 0 Å². The molecule has 0 spiro atoms. The van der Waals surface area contributed by atoms with E-state index in [2.05, 4.69) is 57.4 Å². The predicted octanol–water partition coefficient (Wildman–Crippen LogP) is 1.39.